The number of hydrogen-bond acceptors (Lipinski definition) is 5. The van der Waals surface area contributed by atoms with Gasteiger partial charge in [-0.25, -0.2) is 9.78 Å². The molecule has 37 heavy (non-hydrogen) atoms. The largest absolute Gasteiger partial charge is 0.444 e. The number of anilines is 2. The van der Waals surface area contributed by atoms with Crippen molar-refractivity contribution in [1.82, 2.24) is 14.5 Å². The summed E-state index contributed by atoms with van der Waals surface area (Å²) in [7, 11) is 0. The smallest absolute Gasteiger partial charge is 0.417 e. The summed E-state index contributed by atoms with van der Waals surface area (Å²) in [5.74, 6) is 0.172. The molecule has 0 saturated carbocycles. The Morgan fingerprint density at radius 3 is 2.32 bits per heavy atom. The molecule has 2 amide bonds. The topological polar surface area (TPSA) is 79.7 Å². The quantitative estimate of drug-likeness (QED) is 0.503. The number of carbonyl (C=O) groups is 2. The molecule has 2 aromatic heterocycles. The SMILES string of the molecule is CCn1c(C(=O)Nc2ccc(N3CCN(C(=O)OC(C)(C)C)CC3)nc2)cc2c(C(F)(F)F)cccc21. The van der Waals surface area contributed by atoms with Crippen molar-refractivity contribution in [2.24, 2.45) is 0 Å². The molecule has 11 heteroatoms. The maximum absolute atomic E-state index is 13.5. The first kappa shape index (κ1) is 26.3. The zero-order valence-corrected chi connectivity index (χ0v) is 21.2. The molecule has 1 aromatic carbocycles. The number of hydrogen-bond donors (Lipinski definition) is 1. The predicted octanol–water partition coefficient (Wildman–Crippen LogP) is 5.38. The van der Waals surface area contributed by atoms with Gasteiger partial charge in [-0.15, -0.1) is 0 Å². The molecule has 0 radical (unpaired) electrons. The van der Waals surface area contributed by atoms with Gasteiger partial charge in [0.05, 0.1) is 17.4 Å². The number of aryl methyl sites for hydroxylation is 1. The molecule has 0 unspecified atom stereocenters. The van der Waals surface area contributed by atoms with Gasteiger partial charge in [-0.3, -0.25) is 4.79 Å². The van der Waals surface area contributed by atoms with Gasteiger partial charge in [0.15, 0.2) is 0 Å². The van der Waals surface area contributed by atoms with Crippen molar-refractivity contribution in [3.8, 4) is 0 Å². The third kappa shape index (κ3) is 5.81. The van der Waals surface area contributed by atoms with Crippen molar-refractivity contribution in [3.05, 3.63) is 53.9 Å². The van der Waals surface area contributed by atoms with Crippen LogP contribution in [0.3, 0.4) is 0 Å². The standard InChI is InChI=1S/C26H30F3N5O3/c1-5-34-20-8-6-7-19(26(27,28)29)18(20)15-21(34)23(35)31-17-9-10-22(30-16-17)32-11-13-33(14-12-32)24(36)37-25(2,3)4/h6-10,15-16H,5,11-14H2,1-4H3,(H,31,35). The summed E-state index contributed by atoms with van der Waals surface area (Å²) in [6.07, 6.45) is -3.36. The summed E-state index contributed by atoms with van der Waals surface area (Å²) in [6.45, 7) is 9.74. The normalized spacial score (nSPS) is 14.7. The van der Waals surface area contributed by atoms with E-state index < -0.39 is 23.2 Å². The minimum atomic E-state index is -4.52. The highest BCUT2D eigenvalue weighted by molar-refractivity contribution is 6.06. The number of benzene rings is 1. The third-order valence-corrected chi connectivity index (χ3v) is 6.06. The molecule has 1 N–H and O–H groups in total. The van der Waals surface area contributed by atoms with Crippen LogP contribution in [0.4, 0.5) is 29.5 Å². The van der Waals surface area contributed by atoms with Crippen molar-refractivity contribution >= 4 is 34.4 Å². The van der Waals surface area contributed by atoms with Gasteiger partial charge in [-0.2, -0.15) is 13.2 Å². The zero-order chi connectivity index (χ0) is 27.0. The van der Waals surface area contributed by atoms with Crippen LogP contribution < -0.4 is 10.2 Å². The van der Waals surface area contributed by atoms with Crippen molar-refractivity contribution in [2.75, 3.05) is 36.4 Å². The molecular weight excluding hydrogens is 487 g/mol. The van der Waals surface area contributed by atoms with Gasteiger partial charge in [0.2, 0.25) is 0 Å². The number of pyridine rings is 1. The predicted molar refractivity (Wildman–Crippen MR) is 135 cm³/mol. The van der Waals surface area contributed by atoms with E-state index in [1.165, 1.54) is 18.3 Å². The zero-order valence-electron chi connectivity index (χ0n) is 21.2. The van der Waals surface area contributed by atoms with E-state index in [4.69, 9.17) is 4.74 Å². The van der Waals surface area contributed by atoms with E-state index in [9.17, 15) is 22.8 Å². The van der Waals surface area contributed by atoms with Gasteiger partial charge >= 0.3 is 12.3 Å². The van der Waals surface area contributed by atoms with Crippen LogP contribution in [-0.2, 0) is 17.5 Å². The van der Waals surface area contributed by atoms with Crippen LogP contribution in [0.2, 0.25) is 0 Å². The van der Waals surface area contributed by atoms with Gasteiger partial charge in [-0.1, -0.05) is 6.07 Å². The van der Waals surface area contributed by atoms with Crippen LogP contribution in [0.1, 0.15) is 43.7 Å². The molecule has 1 aliphatic heterocycles. The molecule has 1 aliphatic rings. The van der Waals surface area contributed by atoms with Crippen LogP contribution in [0, 0.1) is 0 Å². The Kier molecular flexibility index (Phi) is 7.07. The first-order valence-electron chi connectivity index (χ1n) is 12.1. The van der Waals surface area contributed by atoms with E-state index in [-0.39, 0.29) is 17.2 Å². The van der Waals surface area contributed by atoms with E-state index in [1.807, 2.05) is 25.7 Å². The Balaban J connectivity index is 1.44. The molecular formula is C26H30F3N5O3. The molecule has 1 fully saturated rings. The van der Waals surface area contributed by atoms with E-state index in [0.29, 0.717) is 49.7 Å². The average Bonchev–Trinajstić information content (AvgIpc) is 3.22. The Morgan fingerprint density at radius 1 is 1.05 bits per heavy atom. The first-order valence-corrected chi connectivity index (χ1v) is 12.1. The highest BCUT2D eigenvalue weighted by atomic mass is 19.4. The number of amides is 2. The highest BCUT2D eigenvalue weighted by Gasteiger charge is 2.34. The van der Waals surface area contributed by atoms with Gasteiger partial charge in [0.25, 0.3) is 5.91 Å². The summed E-state index contributed by atoms with van der Waals surface area (Å²) in [4.78, 5) is 33.4. The number of nitrogens with zero attached hydrogens (tertiary/aromatic N) is 4. The van der Waals surface area contributed by atoms with Crippen LogP contribution in [-0.4, -0.2) is 58.2 Å². The molecule has 3 heterocycles. The molecule has 8 nitrogen and oxygen atoms in total. The second kappa shape index (κ2) is 9.95. The molecule has 0 aliphatic carbocycles. The van der Waals surface area contributed by atoms with Crippen LogP contribution in [0.15, 0.2) is 42.6 Å². The fourth-order valence-corrected chi connectivity index (χ4v) is 4.35. The molecule has 3 aromatic rings. The van der Waals surface area contributed by atoms with E-state index in [2.05, 4.69) is 10.3 Å². The second-order valence-electron chi connectivity index (χ2n) is 9.82. The summed E-state index contributed by atoms with van der Waals surface area (Å²) in [5.41, 5.74) is -0.422. The summed E-state index contributed by atoms with van der Waals surface area (Å²) in [5, 5.41) is 2.72. The lowest BCUT2D eigenvalue weighted by Gasteiger charge is -2.36. The van der Waals surface area contributed by atoms with Gasteiger partial charge < -0.3 is 24.4 Å². The van der Waals surface area contributed by atoms with E-state index in [0.717, 1.165) is 6.07 Å². The fourth-order valence-electron chi connectivity index (χ4n) is 4.35. The third-order valence-electron chi connectivity index (χ3n) is 6.06. The Bertz CT molecular complexity index is 1290. The van der Waals surface area contributed by atoms with Gasteiger partial charge in [0, 0.05) is 43.6 Å². The number of fused-ring (bicyclic) bond motifs is 1. The molecule has 1 saturated heterocycles. The minimum absolute atomic E-state index is 0.0130. The van der Waals surface area contributed by atoms with Crippen LogP contribution in [0.25, 0.3) is 10.9 Å². The van der Waals surface area contributed by atoms with Crippen molar-refractivity contribution in [3.63, 3.8) is 0 Å². The summed E-state index contributed by atoms with van der Waals surface area (Å²) in [6, 6.07) is 8.66. The second-order valence-corrected chi connectivity index (χ2v) is 9.82. The Morgan fingerprint density at radius 2 is 1.76 bits per heavy atom. The lowest BCUT2D eigenvalue weighted by molar-refractivity contribution is -0.136. The molecule has 198 valence electrons. The Hall–Kier alpha value is -3.76. The number of halogens is 3. The highest BCUT2D eigenvalue weighted by Crippen LogP contribution is 2.36. The number of aromatic nitrogens is 2. The van der Waals surface area contributed by atoms with Crippen molar-refractivity contribution in [2.45, 2.75) is 46.0 Å². The van der Waals surface area contributed by atoms with Crippen molar-refractivity contribution < 1.29 is 27.5 Å². The lowest BCUT2D eigenvalue weighted by atomic mass is 10.1. The van der Waals surface area contributed by atoms with Crippen molar-refractivity contribution in [1.29, 1.82) is 0 Å². The van der Waals surface area contributed by atoms with Gasteiger partial charge in [0.1, 0.15) is 17.1 Å². The number of piperazine rings is 1. The number of nitrogens with one attached hydrogen (secondary N) is 1. The molecule has 4 rings (SSSR count). The number of ether oxygens (including phenoxy) is 1. The Labute approximate surface area is 213 Å². The maximum atomic E-state index is 13.5. The average molecular weight is 518 g/mol. The van der Waals surface area contributed by atoms with E-state index >= 15 is 0 Å². The fraction of sp³-hybridized carbons (Fsp3) is 0.423. The lowest BCUT2D eigenvalue weighted by Crippen LogP contribution is -2.50. The van der Waals surface area contributed by atoms with Crippen LogP contribution in [0.5, 0.6) is 0 Å². The molecule has 0 spiro atoms. The minimum Gasteiger partial charge on any atom is -0.444 e. The number of alkyl halides is 3. The van der Waals surface area contributed by atoms with E-state index in [1.54, 1.807) is 34.6 Å². The van der Waals surface area contributed by atoms with Crippen LogP contribution >= 0.6 is 0 Å². The molecule has 0 bridgehead atoms. The first-order chi connectivity index (χ1) is 17.4. The van der Waals surface area contributed by atoms with Gasteiger partial charge in [-0.05, 0) is 58.0 Å². The number of carbonyl (C=O) groups excluding carboxylic acids is 2. The number of rotatable bonds is 4. The summed E-state index contributed by atoms with van der Waals surface area (Å²) < 4.78 is 47.4. The monoisotopic (exact) mass is 517 g/mol. The molecule has 0 atom stereocenters. The maximum Gasteiger partial charge on any atom is 0.417 e. The summed E-state index contributed by atoms with van der Waals surface area (Å²) >= 11 is 0.